The first-order chi connectivity index (χ1) is 13.7. The molecule has 1 aromatic heterocycles. The molecule has 0 radical (unpaired) electrons. The number of sulfonamides is 1. The minimum absolute atomic E-state index is 0.129. The number of carbonyl (C=O) groups excluding carboxylic acids is 2. The first-order valence-corrected chi connectivity index (χ1v) is 9.60. The molecule has 0 atom stereocenters. The van der Waals surface area contributed by atoms with Gasteiger partial charge in [0.25, 0.3) is 10.0 Å². The number of hydrogen-bond donors (Lipinski definition) is 1. The van der Waals surface area contributed by atoms with Gasteiger partial charge >= 0.3 is 17.6 Å². The Morgan fingerprint density at radius 2 is 1.52 bits per heavy atom. The Kier molecular flexibility index (Phi) is 5.37. The summed E-state index contributed by atoms with van der Waals surface area (Å²) in [5.74, 6) is -1.62. The van der Waals surface area contributed by atoms with Crippen molar-refractivity contribution in [2.75, 3.05) is 18.9 Å². The molecule has 150 valence electrons. The molecule has 0 amide bonds. The van der Waals surface area contributed by atoms with E-state index < -0.39 is 27.6 Å². The molecule has 29 heavy (non-hydrogen) atoms. The van der Waals surface area contributed by atoms with Crippen molar-refractivity contribution < 1.29 is 31.9 Å². The van der Waals surface area contributed by atoms with Gasteiger partial charge in [0.15, 0.2) is 0 Å². The molecule has 3 rings (SSSR count). The van der Waals surface area contributed by atoms with Gasteiger partial charge in [-0.05, 0) is 42.5 Å². The summed E-state index contributed by atoms with van der Waals surface area (Å²) < 4.78 is 42.2. The van der Waals surface area contributed by atoms with Crippen molar-refractivity contribution in [2.45, 2.75) is 4.90 Å². The number of anilines is 1. The van der Waals surface area contributed by atoms with Crippen molar-refractivity contribution in [1.29, 1.82) is 0 Å². The molecule has 2 aromatic carbocycles. The number of carbonyl (C=O) groups is 2. The molecule has 0 saturated heterocycles. The van der Waals surface area contributed by atoms with Gasteiger partial charge in [0, 0.05) is 17.1 Å². The molecule has 0 unspecified atom stereocenters. The molecule has 0 fully saturated rings. The first-order valence-electron chi connectivity index (χ1n) is 8.12. The fourth-order valence-electron chi connectivity index (χ4n) is 2.58. The predicted octanol–water partition coefficient (Wildman–Crippen LogP) is 2.17. The molecule has 0 aliphatic heterocycles. The molecule has 1 heterocycles. The van der Waals surface area contributed by atoms with Crippen LogP contribution in [0.5, 0.6) is 0 Å². The zero-order chi connectivity index (χ0) is 21.2. The zero-order valence-corrected chi connectivity index (χ0v) is 16.1. The average Bonchev–Trinajstić information content (AvgIpc) is 2.72. The van der Waals surface area contributed by atoms with Gasteiger partial charge in [-0.25, -0.2) is 22.8 Å². The van der Waals surface area contributed by atoms with Crippen molar-refractivity contribution >= 4 is 38.6 Å². The number of benzene rings is 2. The van der Waals surface area contributed by atoms with Crippen LogP contribution in [0.1, 0.15) is 20.7 Å². The van der Waals surface area contributed by atoms with E-state index in [2.05, 4.69) is 14.2 Å². The quantitative estimate of drug-likeness (QED) is 0.494. The molecular weight excluding hydrogens is 402 g/mol. The van der Waals surface area contributed by atoms with Gasteiger partial charge in [0.2, 0.25) is 0 Å². The summed E-state index contributed by atoms with van der Waals surface area (Å²) in [6.07, 6.45) is 0. The van der Waals surface area contributed by atoms with Crippen molar-refractivity contribution in [1.82, 2.24) is 0 Å². The molecule has 9 nitrogen and oxygen atoms in total. The Bertz CT molecular complexity index is 1240. The Morgan fingerprint density at radius 1 is 0.897 bits per heavy atom. The Labute approximate surface area is 164 Å². The summed E-state index contributed by atoms with van der Waals surface area (Å²) in [6, 6.07) is 10.4. The van der Waals surface area contributed by atoms with Crippen LogP contribution in [-0.2, 0) is 19.5 Å². The summed E-state index contributed by atoms with van der Waals surface area (Å²) in [6.45, 7) is 0. The smallest absolute Gasteiger partial charge is 0.337 e. The van der Waals surface area contributed by atoms with Crippen molar-refractivity contribution in [2.24, 2.45) is 0 Å². The first kappa shape index (κ1) is 20.1. The molecule has 10 heteroatoms. The number of ether oxygens (including phenoxy) is 2. The van der Waals surface area contributed by atoms with E-state index in [9.17, 15) is 22.8 Å². The van der Waals surface area contributed by atoms with Crippen LogP contribution < -0.4 is 10.3 Å². The van der Waals surface area contributed by atoms with Crippen LogP contribution >= 0.6 is 0 Å². The van der Waals surface area contributed by atoms with Gasteiger partial charge in [-0.15, -0.1) is 0 Å². The van der Waals surface area contributed by atoms with E-state index in [1.54, 1.807) is 0 Å². The number of rotatable bonds is 5. The average molecular weight is 417 g/mol. The monoisotopic (exact) mass is 417 g/mol. The van der Waals surface area contributed by atoms with Crippen LogP contribution in [-0.4, -0.2) is 34.6 Å². The number of hydrogen-bond acceptors (Lipinski definition) is 8. The second kappa shape index (κ2) is 7.76. The van der Waals surface area contributed by atoms with Gasteiger partial charge in [-0.2, -0.15) is 0 Å². The van der Waals surface area contributed by atoms with Gasteiger partial charge in [-0.1, -0.05) is 0 Å². The van der Waals surface area contributed by atoms with Crippen LogP contribution in [0.3, 0.4) is 0 Å². The van der Waals surface area contributed by atoms with Crippen LogP contribution in [0.25, 0.3) is 11.0 Å². The van der Waals surface area contributed by atoms with Gasteiger partial charge < -0.3 is 13.9 Å². The maximum Gasteiger partial charge on any atom is 0.337 e. The van der Waals surface area contributed by atoms with E-state index in [1.807, 2.05) is 0 Å². The third-order valence-electron chi connectivity index (χ3n) is 3.93. The predicted molar refractivity (Wildman–Crippen MR) is 102 cm³/mol. The summed E-state index contributed by atoms with van der Waals surface area (Å²) in [4.78, 5) is 34.6. The van der Waals surface area contributed by atoms with E-state index >= 15 is 0 Å². The fourth-order valence-corrected chi connectivity index (χ4v) is 3.69. The van der Waals surface area contributed by atoms with Crippen molar-refractivity contribution in [3.63, 3.8) is 0 Å². The van der Waals surface area contributed by atoms with Gasteiger partial charge in [-0.3, -0.25) is 4.72 Å². The van der Waals surface area contributed by atoms with Crippen molar-refractivity contribution in [3.8, 4) is 0 Å². The molecule has 3 aromatic rings. The molecule has 0 aliphatic carbocycles. The summed E-state index contributed by atoms with van der Waals surface area (Å²) in [7, 11) is -1.91. The van der Waals surface area contributed by atoms with E-state index in [4.69, 9.17) is 4.42 Å². The van der Waals surface area contributed by atoms with E-state index in [1.165, 1.54) is 36.4 Å². The van der Waals surface area contributed by atoms with E-state index in [0.717, 1.165) is 26.4 Å². The molecular formula is C19H15NO8S. The minimum Gasteiger partial charge on any atom is -0.465 e. The summed E-state index contributed by atoms with van der Waals surface area (Å²) >= 11 is 0. The summed E-state index contributed by atoms with van der Waals surface area (Å²) in [5.41, 5.74) is -0.302. The molecule has 0 aliphatic rings. The topological polar surface area (TPSA) is 129 Å². The highest BCUT2D eigenvalue weighted by Crippen LogP contribution is 2.23. The highest BCUT2D eigenvalue weighted by Gasteiger charge is 2.21. The number of fused-ring (bicyclic) bond motifs is 1. The Hall–Kier alpha value is -3.66. The number of methoxy groups -OCH3 is 2. The van der Waals surface area contributed by atoms with Crippen LogP contribution in [0.2, 0.25) is 0 Å². The summed E-state index contributed by atoms with van der Waals surface area (Å²) in [5, 5.41) is 0.503. The lowest BCUT2D eigenvalue weighted by molar-refractivity contribution is 0.0598. The van der Waals surface area contributed by atoms with Crippen molar-refractivity contribution in [3.05, 3.63) is 70.1 Å². The lowest BCUT2D eigenvalue weighted by atomic mass is 10.1. The normalized spacial score (nSPS) is 11.1. The number of esters is 2. The SMILES string of the molecule is COC(=O)c1cc(C(=O)OC)cc(S(=O)(=O)Nc2ccc3oc(=O)ccc3c2)c1. The number of nitrogens with one attached hydrogen (secondary N) is 1. The Morgan fingerprint density at radius 3 is 2.10 bits per heavy atom. The maximum absolute atomic E-state index is 12.8. The molecule has 0 saturated carbocycles. The lowest BCUT2D eigenvalue weighted by Crippen LogP contribution is -2.16. The second-order valence-electron chi connectivity index (χ2n) is 5.84. The minimum atomic E-state index is -4.18. The standard InChI is InChI=1S/C19H15NO8S/c1-26-18(22)12-7-13(19(23)27-2)10-15(9-12)29(24,25)20-14-4-5-16-11(8-14)3-6-17(21)28-16/h3-10,20H,1-2H3. The van der Waals surface area contributed by atoms with E-state index in [-0.39, 0.29) is 21.7 Å². The highest BCUT2D eigenvalue weighted by atomic mass is 32.2. The van der Waals surface area contributed by atoms with E-state index in [0.29, 0.717) is 11.0 Å². The fraction of sp³-hybridized carbons (Fsp3) is 0.105. The Balaban J connectivity index is 2.04. The van der Waals surface area contributed by atoms with Crippen LogP contribution in [0.4, 0.5) is 5.69 Å². The van der Waals surface area contributed by atoms with Gasteiger partial charge in [0.1, 0.15) is 5.58 Å². The highest BCUT2D eigenvalue weighted by molar-refractivity contribution is 7.92. The third-order valence-corrected chi connectivity index (χ3v) is 5.29. The third kappa shape index (κ3) is 4.27. The van der Waals surface area contributed by atoms with Crippen LogP contribution in [0, 0.1) is 0 Å². The van der Waals surface area contributed by atoms with Gasteiger partial charge in [0.05, 0.1) is 30.2 Å². The largest absolute Gasteiger partial charge is 0.465 e. The zero-order valence-electron chi connectivity index (χ0n) is 15.3. The lowest BCUT2D eigenvalue weighted by Gasteiger charge is -2.11. The maximum atomic E-state index is 12.8. The second-order valence-corrected chi connectivity index (χ2v) is 7.52. The molecule has 0 bridgehead atoms. The van der Waals surface area contributed by atoms with Crippen LogP contribution in [0.15, 0.2) is 62.6 Å². The molecule has 0 spiro atoms. The molecule has 1 N–H and O–H groups in total.